The zero-order valence-corrected chi connectivity index (χ0v) is 16.7. The minimum Gasteiger partial charge on any atom is -0.300 e. The third kappa shape index (κ3) is 3.03. The predicted molar refractivity (Wildman–Crippen MR) is 107 cm³/mol. The molecule has 2 aliphatic heterocycles. The summed E-state index contributed by atoms with van der Waals surface area (Å²) in [5.74, 6) is 0.500. The van der Waals surface area contributed by atoms with Crippen molar-refractivity contribution in [2.24, 2.45) is 0 Å². The zero-order valence-electron chi connectivity index (χ0n) is 15.9. The largest absolute Gasteiger partial charge is 0.300 e. The van der Waals surface area contributed by atoms with Crippen LogP contribution in [0.15, 0.2) is 30.5 Å². The molecule has 2 atom stereocenters. The Labute approximate surface area is 156 Å². The molecule has 0 aliphatic carbocycles. The van der Waals surface area contributed by atoms with E-state index < -0.39 is 14.8 Å². The summed E-state index contributed by atoms with van der Waals surface area (Å²) < 4.78 is 26.2. The molecule has 0 spiro atoms. The van der Waals surface area contributed by atoms with E-state index in [1.165, 1.54) is 36.8 Å². The lowest BCUT2D eigenvalue weighted by molar-refractivity contribution is 0.181. The quantitative estimate of drug-likeness (QED) is 0.891. The van der Waals surface area contributed by atoms with Gasteiger partial charge in [-0.25, -0.2) is 13.2 Å². The van der Waals surface area contributed by atoms with Crippen LogP contribution in [0, 0.1) is 0 Å². The summed E-state index contributed by atoms with van der Waals surface area (Å²) in [6.07, 6.45) is 6.95. The molecule has 2 saturated heterocycles. The van der Waals surface area contributed by atoms with Crippen molar-refractivity contribution >= 4 is 20.9 Å². The van der Waals surface area contributed by atoms with Gasteiger partial charge in [0, 0.05) is 17.6 Å². The van der Waals surface area contributed by atoms with Gasteiger partial charge >= 0.3 is 0 Å². The molecule has 26 heavy (non-hydrogen) atoms. The van der Waals surface area contributed by atoms with Crippen molar-refractivity contribution in [3.63, 3.8) is 0 Å². The maximum atomic E-state index is 12.7. The normalized spacial score (nSPS) is 24.7. The first-order valence-corrected chi connectivity index (χ1v) is 11.1. The van der Waals surface area contributed by atoms with Crippen LogP contribution in [0.25, 0.3) is 10.9 Å². The van der Waals surface area contributed by atoms with Gasteiger partial charge in [0.15, 0.2) is 0 Å². The summed E-state index contributed by atoms with van der Waals surface area (Å²) in [7, 11) is -3.47. The van der Waals surface area contributed by atoms with Crippen molar-refractivity contribution in [3.05, 3.63) is 36.0 Å². The third-order valence-electron chi connectivity index (χ3n) is 6.03. The smallest absolute Gasteiger partial charge is 0.251 e. The number of hydrogen-bond donors (Lipinski definition) is 1. The lowest BCUT2D eigenvalue weighted by atomic mass is 9.85. The maximum Gasteiger partial charge on any atom is 0.251 e. The van der Waals surface area contributed by atoms with E-state index in [2.05, 4.69) is 15.8 Å². The van der Waals surface area contributed by atoms with Crippen LogP contribution in [0.4, 0.5) is 0 Å². The van der Waals surface area contributed by atoms with E-state index in [0.717, 1.165) is 18.5 Å². The summed E-state index contributed by atoms with van der Waals surface area (Å²) in [6, 6.07) is 8.82. The van der Waals surface area contributed by atoms with Gasteiger partial charge in [-0.1, -0.05) is 18.2 Å². The molecule has 142 valence electrons. The molecule has 0 radical (unpaired) electrons. The van der Waals surface area contributed by atoms with E-state index in [1.54, 1.807) is 25.4 Å². The number of hydrogen-bond acceptors (Lipinski definition) is 3. The lowest BCUT2D eigenvalue weighted by Crippen LogP contribution is -2.38. The molecular weight excluding hydrogens is 346 g/mol. The van der Waals surface area contributed by atoms with E-state index in [4.69, 9.17) is 0 Å². The third-order valence-corrected chi connectivity index (χ3v) is 8.08. The molecule has 3 heterocycles. The van der Waals surface area contributed by atoms with Gasteiger partial charge in [0.1, 0.15) is 0 Å². The molecular formula is C20H29N3O2S. The van der Waals surface area contributed by atoms with E-state index in [9.17, 15) is 8.42 Å². The van der Waals surface area contributed by atoms with E-state index >= 15 is 0 Å². The molecule has 1 N–H and O–H groups in total. The molecule has 5 nitrogen and oxygen atoms in total. The molecule has 0 saturated carbocycles. The van der Waals surface area contributed by atoms with E-state index in [0.29, 0.717) is 12.0 Å². The lowest BCUT2D eigenvalue weighted by Gasteiger charge is -2.34. The fourth-order valence-electron chi connectivity index (χ4n) is 4.38. The highest BCUT2D eigenvalue weighted by molar-refractivity contribution is 7.93. The highest BCUT2D eigenvalue weighted by Crippen LogP contribution is 2.39. The Morgan fingerprint density at radius 3 is 2.65 bits per heavy atom. The van der Waals surface area contributed by atoms with Crippen LogP contribution in [0.1, 0.15) is 57.9 Å². The van der Waals surface area contributed by atoms with Crippen molar-refractivity contribution in [1.82, 2.24) is 9.58 Å². The Balaban J connectivity index is 1.71. The molecule has 2 fully saturated rings. The minimum atomic E-state index is -3.47. The van der Waals surface area contributed by atoms with E-state index in [1.807, 2.05) is 24.4 Å². The van der Waals surface area contributed by atoms with Crippen LogP contribution in [-0.2, 0) is 10.0 Å². The highest BCUT2D eigenvalue weighted by atomic mass is 32.2. The van der Waals surface area contributed by atoms with Crippen molar-refractivity contribution in [1.29, 1.82) is 0 Å². The molecule has 0 amide bonds. The molecule has 1 aromatic heterocycles. The summed E-state index contributed by atoms with van der Waals surface area (Å²) in [4.78, 5) is 5.41. The first-order chi connectivity index (χ1) is 12.3. The maximum absolute atomic E-state index is 12.7. The van der Waals surface area contributed by atoms with Crippen LogP contribution in [-0.4, -0.2) is 41.9 Å². The average molecular weight is 376 g/mol. The number of nitrogens with one attached hydrogen (secondary N) is 1. The van der Waals surface area contributed by atoms with Crippen molar-refractivity contribution in [2.45, 2.75) is 63.2 Å². The van der Waals surface area contributed by atoms with E-state index in [-0.39, 0.29) is 0 Å². The first-order valence-electron chi connectivity index (χ1n) is 9.63. The van der Waals surface area contributed by atoms with Crippen molar-refractivity contribution < 1.29 is 8.42 Å². The molecule has 0 bridgehead atoms. The number of para-hydroxylation sites is 1. The number of piperidine rings is 1. The first kappa shape index (κ1) is 17.9. The number of nitrogens with zero attached hydrogens (tertiary/aromatic N) is 2. The highest BCUT2D eigenvalue weighted by Gasteiger charge is 2.34. The number of aromatic nitrogens is 1. The van der Waals surface area contributed by atoms with Gasteiger partial charge < -0.3 is 4.90 Å². The van der Waals surface area contributed by atoms with Gasteiger partial charge in [0.2, 0.25) is 0 Å². The van der Waals surface area contributed by atoms with Crippen LogP contribution in [0.2, 0.25) is 0 Å². The average Bonchev–Trinajstić information content (AvgIpc) is 3.18. The zero-order chi connectivity index (χ0) is 18.5. The fourth-order valence-corrected chi connectivity index (χ4v) is 5.06. The van der Waals surface area contributed by atoms with Gasteiger partial charge in [-0.2, -0.15) is 0 Å². The summed E-state index contributed by atoms with van der Waals surface area (Å²) in [6.45, 7) is 7.56. The number of rotatable bonds is 3. The second kappa shape index (κ2) is 6.27. The second-order valence-electron chi connectivity index (χ2n) is 8.73. The van der Waals surface area contributed by atoms with Gasteiger partial charge in [-0.15, -0.1) is 0 Å². The fraction of sp³-hybridized carbons (Fsp3) is 0.600. The molecule has 1 aromatic carbocycles. The summed E-state index contributed by atoms with van der Waals surface area (Å²) >= 11 is 0. The Hall–Kier alpha value is -1.53. The van der Waals surface area contributed by atoms with Crippen LogP contribution >= 0.6 is 0 Å². The minimum absolute atomic E-state index is 0.500. The Morgan fingerprint density at radius 2 is 1.88 bits per heavy atom. The standard InChI is InChI=1S/C20H29N3O2S/c1-20(2,3)26(24,25)21-23-14-18(17-8-4-5-9-19(17)23)15-10-12-22-11-6-7-16(22)13-15/h4-5,8-9,14-16,21H,6-7,10-13H2,1-3H3. The Kier molecular flexibility index (Phi) is 4.31. The van der Waals surface area contributed by atoms with Crippen molar-refractivity contribution in [2.75, 3.05) is 17.9 Å². The second-order valence-corrected chi connectivity index (χ2v) is 11.1. The molecule has 6 heteroatoms. The molecule has 2 unspecified atom stereocenters. The molecule has 2 aromatic rings. The topological polar surface area (TPSA) is 54.3 Å². The molecule has 4 rings (SSSR count). The van der Waals surface area contributed by atoms with Gasteiger partial charge in [0.05, 0.1) is 10.3 Å². The Bertz CT molecular complexity index is 911. The number of sulfonamides is 1. The van der Waals surface area contributed by atoms with Crippen LogP contribution in [0.5, 0.6) is 0 Å². The van der Waals surface area contributed by atoms with Crippen LogP contribution < -0.4 is 4.83 Å². The van der Waals surface area contributed by atoms with Crippen molar-refractivity contribution in [3.8, 4) is 0 Å². The summed E-state index contributed by atoms with van der Waals surface area (Å²) in [5.41, 5.74) is 2.22. The van der Waals surface area contributed by atoms with Gasteiger partial charge in [0.25, 0.3) is 10.0 Å². The van der Waals surface area contributed by atoms with Gasteiger partial charge in [-0.05, 0) is 77.1 Å². The predicted octanol–water partition coefficient (Wildman–Crippen LogP) is 3.65. The molecule has 2 aliphatic rings. The number of fused-ring (bicyclic) bond motifs is 2. The van der Waals surface area contributed by atoms with Crippen LogP contribution in [0.3, 0.4) is 0 Å². The Morgan fingerprint density at radius 1 is 1.12 bits per heavy atom. The number of benzene rings is 1. The monoisotopic (exact) mass is 375 g/mol. The summed E-state index contributed by atoms with van der Waals surface area (Å²) in [5, 5.41) is 1.17. The van der Waals surface area contributed by atoms with Gasteiger partial charge in [-0.3, -0.25) is 4.68 Å². The SMILES string of the molecule is CC(C)(C)S(=O)(=O)Nn1cc(C2CCN3CCCC3C2)c2ccccc21.